The summed E-state index contributed by atoms with van der Waals surface area (Å²) in [6.07, 6.45) is 8.55. The van der Waals surface area contributed by atoms with Gasteiger partial charge < -0.3 is 49.1 Å². The van der Waals surface area contributed by atoms with E-state index in [1.807, 2.05) is 43.6 Å². The summed E-state index contributed by atoms with van der Waals surface area (Å²) in [5.41, 5.74) is 5.39. The third-order valence-electron chi connectivity index (χ3n) is 21.6. The van der Waals surface area contributed by atoms with Crippen molar-refractivity contribution < 1.29 is 42.2 Å². The largest absolute Gasteiger partial charge is 0.493 e. The van der Waals surface area contributed by atoms with Crippen LogP contribution in [0.25, 0.3) is 11.0 Å². The quantitative estimate of drug-likeness (QED) is 0.0553. The van der Waals surface area contributed by atoms with Crippen molar-refractivity contribution in [1.82, 2.24) is 29.5 Å². The van der Waals surface area contributed by atoms with Crippen molar-refractivity contribution in [3.8, 4) is 11.6 Å². The number of aliphatic hydroxyl groups is 1. The number of nitro benzene ring substituents is 1. The van der Waals surface area contributed by atoms with Crippen LogP contribution in [0.1, 0.15) is 113 Å². The van der Waals surface area contributed by atoms with E-state index in [4.69, 9.17) is 28.9 Å². The van der Waals surface area contributed by atoms with E-state index in [0.29, 0.717) is 68.5 Å². The fourth-order valence-corrected chi connectivity index (χ4v) is 18.0. The Kier molecular flexibility index (Phi) is 16.1. The summed E-state index contributed by atoms with van der Waals surface area (Å²) in [7, 11) is -2.94. The van der Waals surface area contributed by atoms with Gasteiger partial charge in [-0.3, -0.25) is 24.7 Å². The van der Waals surface area contributed by atoms with E-state index in [1.165, 1.54) is 23.3 Å². The van der Waals surface area contributed by atoms with Gasteiger partial charge in [-0.15, -0.1) is 0 Å². The number of aromatic amines is 1. The summed E-state index contributed by atoms with van der Waals surface area (Å²) in [5.74, 6) is 1.31. The first-order valence-corrected chi connectivity index (χ1v) is 33.3. The molecular formula is C67H85N11O10S. The maximum absolute atomic E-state index is 15.0. The van der Waals surface area contributed by atoms with Crippen molar-refractivity contribution >= 4 is 61.2 Å². The van der Waals surface area contributed by atoms with Gasteiger partial charge in [-0.1, -0.05) is 52.0 Å². The van der Waals surface area contributed by atoms with Gasteiger partial charge in [-0.2, -0.15) is 4.98 Å². The Morgan fingerprint density at radius 2 is 1.63 bits per heavy atom. The fourth-order valence-electron chi connectivity index (χ4n) is 17.0. The monoisotopic (exact) mass is 1240 g/mol. The number of aryl methyl sites for hydroxylation is 1. The van der Waals surface area contributed by atoms with Crippen LogP contribution in [-0.2, 0) is 26.0 Å². The zero-order valence-electron chi connectivity index (χ0n) is 52.3. The molecule has 8 heterocycles. The predicted octanol–water partition coefficient (Wildman–Crippen LogP) is 9.76. The second kappa shape index (κ2) is 23.6. The maximum Gasteiger partial charge on any atom is 0.293 e. The van der Waals surface area contributed by atoms with Gasteiger partial charge in [0.2, 0.25) is 5.88 Å². The Labute approximate surface area is 521 Å². The minimum absolute atomic E-state index is 0.00996. The number of fused-ring (bicyclic) bond motifs is 3. The van der Waals surface area contributed by atoms with Crippen molar-refractivity contribution in [1.29, 1.82) is 0 Å². The predicted molar refractivity (Wildman–Crippen MR) is 342 cm³/mol. The standard InChI is InChI=1S/C67H85N11O10S/c1-43-10-8-9-11-49(43)56-41-73(40-45-34-57(85-7)60(70-39-45)75-29-32-86-33-30-75)27-28-76(56)63-64(2,3)67(65(63,4)5)22-25-74(26-23-67)47-12-14-50(53(36-47)77-52-19-31-87-42-58(52)88-62-55(77)35-46-18-24-68-59(46)71-62)61(79)72-89(83,84)48-13-15-51(54(37-48)78(81)82)69-38-44-16-20-66(6,80)21-17-44/h8-15,18,24,34-37,39,44,52,56,58,63,69,80H,16-17,19-23,25-33,38,40-42H2,1-7H3,(H,68,71)(H,72,79)/t44?,52-,56-,58-,66?/m0/s1. The number of amides is 1. The molecule has 2 saturated carbocycles. The van der Waals surface area contributed by atoms with Crippen LogP contribution in [0.15, 0.2) is 96.2 Å². The molecule has 89 heavy (non-hydrogen) atoms. The van der Waals surface area contributed by atoms with Crippen LogP contribution < -0.4 is 34.2 Å². The number of piperazine rings is 1. The SMILES string of the molecule is COc1cc(CN2CCN(C3C(C)(C)C4(CCN(c5ccc(C(=O)NS(=O)(=O)c6ccc(NCC7CCC(C)(O)CC7)c([N+](=O)[O-])c6)c(N6c7cc8cc[nH]c8nc7O[C@H]7COCC[C@@H]76)c5)CC4)C3(C)C)[C@H](c3ccccc3C)C2)cnc1N1CCOCC1. The van der Waals surface area contributed by atoms with Crippen molar-refractivity contribution in [2.75, 3.05) is 106 Å². The number of aromatic nitrogens is 3. The number of pyridine rings is 2. The maximum atomic E-state index is 15.0. The number of carbonyl (C=O) groups excluding carboxylic acids is 1. The van der Waals surface area contributed by atoms with E-state index >= 15 is 4.79 Å². The molecule has 0 bridgehead atoms. The Morgan fingerprint density at radius 1 is 0.865 bits per heavy atom. The lowest BCUT2D eigenvalue weighted by atomic mass is 9.33. The van der Waals surface area contributed by atoms with Gasteiger partial charge in [-0.25, -0.2) is 18.1 Å². The van der Waals surface area contributed by atoms with E-state index in [1.54, 1.807) is 13.2 Å². The molecule has 1 spiro atoms. The highest BCUT2D eigenvalue weighted by Gasteiger charge is 2.73. The van der Waals surface area contributed by atoms with Crippen LogP contribution in [0.3, 0.4) is 0 Å². The number of nitro groups is 1. The first-order chi connectivity index (χ1) is 42.6. The Hall–Kier alpha value is -7.08. The molecule has 3 aromatic carbocycles. The Morgan fingerprint density at radius 3 is 2.37 bits per heavy atom. The number of nitrogens with zero attached hydrogens (tertiary/aromatic N) is 8. The van der Waals surface area contributed by atoms with Gasteiger partial charge >= 0.3 is 0 Å². The molecule has 6 fully saturated rings. The fraction of sp³-hybridized carbons (Fsp3) is 0.537. The number of ether oxygens (including phenoxy) is 4. The molecule has 7 aliphatic rings. The first-order valence-electron chi connectivity index (χ1n) is 31.8. The van der Waals surface area contributed by atoms with Gasteiger partial charge in [0.15, 0.2) is 11.6 Å². The highest BCUT2D eigenvalue weighted by Crippen LogP contribution is 2.74. The van der Waals surface area contributed by atoms with Gasteiger partial charge in [0, 0.05) is 107 Å². The molecule has 21 nitrogen and oxygen atoms in total. The number of hydrogen-bond donors (Lipinski definition) is 4. The Bertz CT molecular complexity index is 3740. The average molecular weight is 1240 g/mol. The summed E-state index contributed by atoms with van der Waals surface area (Å²) < 4.78 is 55.3. The van der Waals surface area contributed by atoms with E-state index in [9.17, 15) is 23.6 Å². The summed E-state index contributed by atoms with van der Waals surface area (Å²) >= 11 is 0. The zero-order valence-corrected chi connectivity index (χ0v) is 53.1. The second-order valence-corrected chi connectivity index (χ2v) is 29.0. The van der Waals surface area contributed by atoms with Crippen LogP contribution in [-0.4, -0.2) is 159 Å². The number of anilines is 5. The summed E-state index contributed by atoms with van der Waals surface area (Å²) in [4.78, 5) is 51.7. The molecule has 0 radical (unpaired) electrons. The molecule has 6 aromatic rings. The molecule has 13 rings (SSSR count). The number of benzene rings is 3. The lowest BCUT2D eigenvalue weighted by molar-refractivity contribution is -0.384. The lowest BCUT2D eigenvalue weighted by Gasteiger charge is -2.77. The molecule has 4 saturated heterocycles. The molecule has 1 amide bonds. The Balaban J connectivity index is 0.773. The molecule has 3 atom stereocenters. The van der Waals surface area contributed by atoms with Crippen molar-refractivity contribution in [2.24, 2.45) is 22.2 Å². The van der Waals surface area contributed by atoms with E-state index in [2.05, 4.69) is 104 Å². The molecule has 5 aliphatic heterocycles. The number of morpholine rings is 1. The molecule has 0 unspecified atom stereocenters. The van der Waals surface area contributed by atoms with Crippen LogP contribution in [0.4, 0.5) is 34.3 Å². The summed E-state index contributed by atoms with van der Waals surface area (Å²) in [6.45, 7) is 23.1. The van der Waals surface area contributed by atoms with Crippen LogP contribution in [0.2, 0.25) is 0 Å². The zero-order chi connectivity index (χ0) is 62.2. The van der Waals surface area contributed by atoms with Crippen molar-refractivity contribution in [3.63, 3.8) is 0 Å². The van der Waals surface area contributed by atoms with E-state index in [0.717, 1.165) is 112 Å². The first kappa shape index (κ1) is 60.8. The second-order valence-electron chi connectivity index (χ2n) is 27.3. The molecule has 2 aliphatic carbocycles. The van der Waals surface area contributed by atoms with Gasteiger partial charge in [-0.05, 0) is 146 Å². The highest BCUT2D eigenvalue weighted by atomic mass is 32.2. The molecule has 474 valence electrons. The highest BCUT2D eigenvalue weighted by molar-refractivity contribution is 7.90. The molecule has 3 aromatic heterocycles. The van der Waals surface area contributed by atoms with Crippen molar-refractivity contribution in [3.05, 3.63) is 124 Å². The minimum Gasteiger partial charge on any atom is -0.493 e. The number of piperidine rings is 1. The minimum atomic E-state index is -4.67. The van der Waals surface area contributed by atoms with Gasteiger partial charge in [0.05, 0.1) is 59.6 Å². The van der Waals surface area contributed by atoms with Crippen LogP contribution in [0, 0.1) is 39.2 Å². The number of hydrogen-bond acceptors (Lipinski definition) is 18. The molecule has 22 heteroatoms. The van der Waals surface area contributed by atoms with E-state index in [-0.39, 0.29) is 58.1 Å². The number of carbonyl (C=O) groups is 1. The van der Waals surface area contributed by atoms with E-state index < -0.39 is 43.1 Å². The summed E-state index contributed by atoms with van der Waals surface area (Å²) in [5, 5.41) is 27.0. The third kappa shape index (κ3) is 11.1. The van der Waals surface area contributed by atoms with Gasteiger partial charge in [0.25, 0.3) is 21.6 Å². The normalized spacial score (nSPS) is 25.4. The van der Waals surface area contributed by atoms with Crippen LogP contribution in [0.5, 0.6) is 11.6 Å². The number of nitrogens with one attached hydrogen (secondary N) is 3. The van der Waals surface area contributed by atoms with Crippen molar-refractivity contribution in [2.45, 2.75) is 128 Å². The summed E-state index contributed by atoms with van der Waals surface area (Å²) in [6, 6.07) is 24.4. The number of H-pyrrole nitrogens is 1. The lowest BCUT2D eigenvalue weighted by Crippen LogP contribution is -2.79. The number of methoxy groups -OCH3 is 1. The average Bonchev–Trinajstić information content (AvgIpc) is 0.814. The molecular weight excluding hydrogens is 1150 g/mol. The number of rotatable bonds is 15. The molecule has 4 N–H and O–H groups in total. The third-order valence-corrected chi connectivity index (χ3v) is 22.9. The number of sulfonamides is 1. The smallest absolute Gasteiger partial charge is 0.293 e. The van der Waals surface area contributed by atoms with Gasteiger partial charge in [0.1, 0.15) is 23.1 Å². The topological polar surface area (TPSA) is 233 Å². The van der Waals surface area contributed by atoms with Crippen LogP contribution >= 0.6 is 0 Å².